The highest BCUT2D eigenvalue weighted by molar-refractivity contribution is 5.78. The Hall–Kier alpha value is -3.43. The van der Waals surface area contributed by atoms with Gasteiger partial charge in [0.05, 0.1) is 24.6 Å². The fraction of sp³-hybridized carbons (Fsp3) is 0.450. The quantitative estimate of drug-likeness (QED) is 0.601. The molecule has 156 valence electrons. The SMILES string of the molecule is CC1(C)Cc2cccc(OCC(=O)N3CC(n4cc(Cn5nccn5)nn4)C3)c2O1. The van der Waals surface area contributed by atoms with Crippen molar-refractivity contribution in [3.05, 3.63) is 48.0 Å². The summed E-state index contributed by atoms with van der Waals surface area (Å²) in [6.45, 7) is 5.71. The highest BCUT2D eigenvalue weighted by atomic mass is 16.5. The van der Waals surface area contributed by atoms with Gasteiger partial charge in [-0.1, -0.05) is 17.3 Å². The van der Waals surface area contributed by atoms with Gasteiger partial charge in [-0.25, -0.2) is 4.68 Å². The third-order valence-electron chi connectivity index (χ3n) is 5.32. The van der Waals surface area contributed by atoms with Crippen LogP contribution < -0.4 is 9.47 Å². The Labute approximate surface area is 173 Å². The predicted octanol–water partition coefficient (Wildman–Crippen LogP) is 1.09. The zero-order valence-electron chi connectivity index (χ0n) is 16.9. The van der Waals surface area contributed by atoms with Crippen LogP contribution in [0.25, 0.3) is 0 Å². The van der Waals surface area contributed by atoms with Crippen LogP contribution in [0.15, 0.2) is 36.8 Å². The summed E-state index contributed by atoms with van der Waals surface area (Å²) in [5.41, 5.74) is 1.64. The molecule has 2 aliphatic heterocycles. The number of nitrogens with zero attached hydrogens (tertiary/aromatic N) is 7. The first-order valence-electron chi connectivity index (χ1n) is 9.93. The third kappa shape index (κ3) is 3.60. The zero-order valence-corrected chi connectivity index (χ0v) is 16.9. The fourth-order valence-corrected chi connectivity index (χ4v) is 3.79. The molecule has 0 saturated carbocycles. The lowest BCUT2D eigenvalue weighted by Crippen LogP contribution is -2.52. The minimum absolute atomic E-state index is 0.0134. The Morgan fingerprint density at radius 2 is 2.07 bits per heavy atom. The topological polar surface area (TPSA) is 100 Å². The van der Waals surface area contributed by atoms with Crippen molar-refractivity contribution >= 4 is 5.91 Å². The summed E-state index contributed by atoms with van der Waals surface area (Å²) in [5, 5.41) is 16.5. The summed E-state index contributed by atoms with van der Waals surface area (Å²) >= 11 is 0. The molecule has 1 amide bonds. The van der Waals surface area contributed by atoms with E-state index < -0.39 is 0 Å². The molecule has 1 saturated heterocycles. The maximum Gasteiger partial charge on any atom is 0.260 e. The van der Waals surface area contributed by atoms with Gasteiger partial charge in [0.2, 0.25) is 0 Å². The number of carbonyl (C=O) groups is 1. The number of likely N-dealkylation sites (tertiary alicyclic amines) is 1. The summed E-state index contributed by atoms with van der Waals surface area (Å²) in [7, 11) is 0. The lowest BCUT2D eigenvalue weighted by molar-refractivity contribution is -0.139. The van der Waals surface area contributed by atoms with Crippen molar-refractivity contribution in [3.63, 3.8) is 0 Å². The van der Waals surface area contributed by atoms with Gasteiger partial charge in [-0.3, -0.25) is 4.79 Å². The van der Waals surface area contributed by atoms with Crippen molar-refractivity contribution in [2.75, 3.05) is 19.7 Å². The smallest absolute Gasteiger partial charge is 0.260 e. The maximum absolute atomic E-state index is 12.5. The van der Waals surface area contributed by atoms with Crippen LogP contribution >= 0.6 is 0 Å². The van der Waals surface area contributed by atoms with Crippen molar-refractivity contribution in [1.29, 1.82) is 0 Å². The van der Waals surface area contributed by atoms with E-state index in [1.54, 1.807) is 26.8 Å². The fourth-order valence-electron chi connectivity index (χ4n) is 3.79. The Morgan fingerprint density at radius 3 is 2.87 bits per heavy atom. The number of para-hydroxylation sites is 1. The van der Waals surface area contributed by atoms with E-state index in [-0.39, 0.29) is 24.2 Å². The summed E-state index contributed by atoms with van der Waals surface area (Å²) in [4.78, 5) is 15.8. The van der Waals surface area contributed by atoms with E-state index in [1.807, 2.05) is 38.2 Å². The van der Waals surface area contributed by atoms with E-state index in [4.69, 9.17) is 9.47 Å². The van der Waals surface area contributed by atoms with Gasteiger partial charge in [-0.05, 0) is 19.9 Å². The first-order chi connectivity index (χ1) is 14.5. The van der Waals surface area contributed by atoms with Crippen LogP contribution in [0.5, 0.6) is 11.5 Å². The van der Waals surface area contributed by atoms with Crippen molar-refractivity contribution in [1.82, 2.24) is 34.9 Å². The van der Waals surface area contributed by atoms with Crippen LogP contribution in [0.4, 0.5) is 0 Å². The molecule has 5 rings (SSSR count). The van der Waals surface area contributed by atoms with E-state index >= 15 is 0 Å². The monoisotopic (exact) mass is 409 g/mol. The van der Waals surface area contributed by atoms with Crippen molar-refractivity contribution in [2.24, 2.45) is 0 Å². The second-order valence-electron chi connectivity index (χ2n) is 8.27. The second kappa shape index (κ2) is 7.12. The van der Waals surface area contributed by atoms with Crippen LogP contribution in [0, 0.1) is 0 Å². The Morgan fingerprint density at radius 1 is 1.27 bits per heavy atom. The molecule has 10 heteroatoms. The minimum Gasteiger partial charge on any atom is -0.483 e. The van der Waals surface area contributed by atoms with Gasteiger partial charge < -0.3 is 14.4 Å². The van der Waals surface area contributed by atoms with Crippen LogP contribution in [0.3, 0.4) is 0 Å². The van der Waals surface area contributed by atoms with Crippen molar-refractivity contribution in [3.8, 4) is 11.5 Å². The molecule has 10 nitrogen and oxygen atoms in total. The lowest BCUT2D eigenvalue weighted by Gasteiger charge is -2.38. The lowest BCUT2D eigenvalue weighted by atomic mass is 10.0. The molecule has 0 N–H and O–H groups in total. The molecular formula is C20H23N7O3. The van der Waals surface area contributed by atoms with E-state index in [1.165, 1.54) is 0 Å². The Balaban J connectivity index is 1.13. The number of benzene rings is 1. The van der Waals surface area contributed by atoms with Crippen molar-refractivity contribution < 1.29 is 14.3 Å². The molecule has 0 unspecified atom stereocenters. The highest BCUT2D eigenvalue weighted by Gasteiger charge is 2.34. The molecule has 0 spiro atoms. The summed E-state index contributed by atoms with van der Waals surface area (Å²) < 4.78 is 13.6. The minimum atomic E-state index is -0.249. The summed E-state index contributed by atoms with van der Waals surface area (Å²) in [6, 6.07) is 5.93. The Kier molecular flexibility index (Phi) is 4.41. The van der Waals surface area contributed by atoms with Crippen LogP contribution in [0.1, 0.15) is 31.1 Å². The first-order valence-corrected chi connectivity index (χ1v) is 9.93. The third-order valence-corrected chi connectivity index (χ3v) is 5.32. The van der Waals surface area contributed by atoms with Crippen LogP contribution in [-0.4, -0.2) is 66.1 Å². The molecule has 0 atom stereocenters. The molecule has 1 fully saturated rings. The molecule has 30 heavy (non-hydrogen) atoms. The molecule has 4 heterocycles. The molecule has 0 radical (unpaired) electrons. The van der Waals surface area contributed by atoms with Crippen molar-refractivity contribution in [2.45, 2.75) is 38.5 Å². The molecule has 0 bridgehead atoms. The highest BCUT2D eigenvalue weighted by Crippen LogP contribution is 2.41. The van der Waals surface area contributed by atoms with Gasteiger partial charge in [0.1, 0.15) is 17.8 Å². The molecular weight excluding hydrogens is 386 g/mol. The number of carbonyl (C=O) groups excluding carboxylic acids is 1. The predicted molar refractivity (Wildman–Crippen MR) is 105 cm³/mol. The molecule has 2 aromatic heterocycles. The number of amides is 1. The van der Waals surface area contributed by atoms with Gasteiger partial charge >= 0.3 is 0 Å². The molecule has 1 aromatic carbocycles. The Bertz CT molecular complexity index is 1050. The number of fused-ring (bicyclic) bond motifs is 1. The number of aromatic nitrogens is 6. The average Bonchev–Trinajstić information content (AvgIpc) is 3.38. The largest absolute Gasteiger partial charge is 0.483 e. The standard InChI is InChI=1S/C20H23N7O3/c1-20(2)8-14-4-3-5-17(19(14)30-20)29-13-18(28)25-11-16(12-25)26-9-15(23-24-26)10-27-21-6-7-22-27/h3-7,9,16H,8,10-13H2,1-2H3. The van der Waals surface area contributed by atoms with E-state index in [2.05, 4.69) is 20.5 Å². The van der Waals surface area contributed by atoms with Crippen LogP contribution in [0.2, 0.25) is 0 Å². The van der Waals surface area contributed by atoms with Gasteiger partial charge in [0, 0.05) is 25.1 Å². The maximum atomic E-state index is 12.5. The summed E-state index contributed by atoms with van der Waals surface area (Å²) in [6.07, 6.45) is 5.95. The number of hydrogen-bond acceptors (Lipinski definition) is 7. The molecule has 2 aliphatic rings. The first kappa shape index (κ1) is 18.6. The van der Waals surface area contributed by atoms with E-state index in [0.29, 0.717) is 25.4 Å². The van der Waals surface area contributed by atoms with Crippen LogP contribution in [-0.2, 0) is 17.8 Å². The molecule has 3 aromatic rings. The zero-order chi connectivity index (χ0) is 20.7. The summed E-state index contributed by atoms with van der Waals surface area (Å²) in [5.74, 6) is 1.32. The van der Waals surface area contributed by atoms with Gasteiger partial charge in [0.25, 0.3) is 5.91 Å². The van der Waals surface area contributed by atoms with Gasteiger partial charge in [-0.15, -0.1) is 5.10 Å². The number of ether oxygens (including phenoxy) is 2. The van der Waals surface area contributed by atoms with E-state index in [9.17, 15) is 4.79 Å². The van der Waals surface area contributed by atoms with Gasteiger partial charge in [0.15, 0.2) is 18.1 Å². The van der Waals surface area contributed by atoms with Gasteiger partial charge in [-0.2, -0.15) is 15.0 Å². The average molecular weight is 409 g/mol. The number of hydrogen-bond donors (Lipinski definition) is 0. The normalized spacial score (nSPS) is 17.3. The second-order valence-corrected chi connectivity index (χ2v) is 8.27. The molecule has 0 aliphatic carbocycles. The van der Waals surface area contributed by atoms with E-state index in [0.717, 1.165) is 23.4 Å². The number of rotatable bonds is 6.